The highest BCUT2D eigenvalue weighted by atomic mass is 32.2. The first-order valence-corrected chi connectivity index (χ1v) is 15.4. The average Bonchev–Trinajstić information content (AvgIpc) is 3.03. The lowest BCUT2D eigenvalue weighted by molar-refractivity contribution is -0.133. The Balaban J connectivity index is 1.76. The fraction of sp³-hybridized carbons (Fsp3) is 0.458. The van der Waals surface area contributed by atoms with E-state index >= 15 is 0 Å². The molecule has 39 heavy (non-hydrogen) atoms. The van der Waals surface area contributed by atoms with Crippen molar-refractivity contribution in [1.29, 1.82) is 0 Å². The van der Waals surface area contributed by atoms with Crippen LogP contribution < -0.4 is 29.7 Å². The van der Waals surface area contributed by atoms with E-state index in [-0.39, 0.29) is 37.6 Å². The summed E-state index contributed by atoms with van der Waals surface area (Å²) in [6.45, 7) is 0.497. The van der Waals surface area contributed by atoms with Gasteiger partial charge in [0.15, 0.2) is 0 Å². The van der Waals surface area contributed by atoms with Gasteiger partial charge >= 0.3 is 0 Å². The van der Waals surface area contributed by atoms with E-state index in [4.69, 9.17) is 14.2 Å². The van der Waals surface area contributed by atoms with Crippen molar-refractivity contribution in [2.24, 2.45) is 0 Å². The van der Waals surface area contributed by atoms with Crippen LogP contribution in [0, 0.1) is 0 Å². The van der Waals surface area contributed by atoms with Crippen LogP contribution in [0.3, 0.4) is 0 Å². The standard InChI is InChI=1S/C24H34N4O9S2/c1-35-19-12-17(13-20(14-19)36-2)16-37-18-7-8-23-21(15-18)25-10-11-28(39(23,33)34)22(24(29)27-30)6-4-5-9-26-38(3,31)32/h7-8,12-15,22,25-26,30H,4-6,9-11,16H2,1-3H3,(H,27,29)/t22-/m0/s1. The number of methoxy groups -OCH3 is 2. The Morgan fingerprint density at radius 3 is 2.41 bits per heavy atom. The SMILES string of the molecule is COc1cc(COc2ccc3c(c2)NCCN([C@@H](CCCCNS(C)(=O)=O)C(=O)NO)S3(=O)=O)cc(OC)c1. The van der Waals surface area contributed by atoms with E-state index in [0.29, 0.717) is 35.8 Å². The quantitative estimate of drug-likeness (QED) is 0.152. The first kappa shape index (κ1) is 30.4. The van der Waals surface area contributed by atoms with E-state index in [0.717, 1.165) is 16.1 Å². The van der Waals surface area contributed by atoms with Gasteiger partial charge in [0.25, 0.3) is 5.91 Å². The van der Waals surface area contributed by atoms with Gasteiger partial charge in [-0.2, -0.15) is 4.31 Å². The summed E-state index contributed by atoms with van der Waals surface area (Å²) >= 11 is 0. The van der Waals surface area contributed by atoms with E-state index in [1.807, 2.05) is 0 Å². The average molecular weight is 587 g/mol. The van der Waals surface area contributed by atoms with E-state index in [9.17, 15) is 26.8 Å². The molecule has 0 saturated carbocycles. The third-order valence-electron chi connectivity index (χ3n) is 6.03. The smallest absolute Gasteiger partial charge is 0.261 e. The molecule has 1 atom stereocenters. The van der Waals surface area contributed by atoms with Crippen LogP contribution in [-0.4, -0.2) is 78.4 Å². The van der Waals surface area contributed by atoms with Gasteiger partial charge < -0.3 is 19.5 Å². The molecule has 2 aromatic rings. The third-order valence-corrected chi connectivity index (χ3v) is 8.73. The third kappa shape index (κ3) is 8.19. The van der Waals surface area contributed by atoms with Gasteiger partial charge in [-0.25, -0.2) is 27.0 Å². The minimum absolute atomic E-state index is 0.0313. The van der Waals surface area contributed by atoms with Crippen molar-refractivity contribution >= 4 is 31.6 Å². The monoisotopic (exact) mass is 586 g/mol. The lowest BCUT2D eigenvalue weighted by Gasteiger charge is -2.28. The number of unbranched alkanes of at least 4 members (excludes halogenated alkanes) is 1. The Morgan fingerprint density at radius 2 is 1.79 bits per heavy atom. The van der Waals surface area contributed by atoms with Crippen LogP contribution in [0.4, 0.5) is 5.69 Å². The van der Waals surface area contributed by atoms with Crippen LogP contribution in [0.5, 0.6) is 17.2 Å². The largest absolute Gasteiger partial charge is 0.497 e. The van der Waals surface area contributed by atoms with Crippen molar-refractivity contribution in [3.8, 4) is 17.2 Å². The molecule has 2 aromatic carbocycles. The predicted molar refractivity (Wildman–Crippen MR) is 143 cm³/mol. The lowest BCUT2D eigenvalue weighted by atomic mass is 10.1. The van der Waals surface area contributed by atoms with Crippen molar-refractivity contribution in [3.63, 3.8) is 0 Å². The number of rotatable bonds is 13. The number of hydrogen-bond donors (Lipinski definition) is 4. The second-order valence-corrected chi connectivity index (χ2v) is 12.6. The van der Waals surface area contributed by atoms with Crippen molar-refractivity contribution in [1.82, 2.24) is 14.5 Å². The number of ether oxygens (including phenoxy) is 3. The molecule has 0 aromatic heterocycles. The summed E-state index contributed by atoms with van der Waals surface area (Å²) in [6.07, 6.45) is 1.84. The van der Waals surface area contributed by atoms with Gasteiger partial charge in [-0.15, -0.1) is 0 Å². The topological polar surface area (TPSA) is 173 Å². The molecule has 0 saturated heterocycles. The Labute approximate surface area is 228 Å². The van der Waals surface area contributed by atoms with Gasteiger partial charge in [-0.05, 0) is 42.7 Å². The van der Waals surface area contributed by atoms with Crippen molar-refractivity contribution < 1.29 is 41.0 Å². The molecular formula is C24H34N4O9S2. The highest BCUT2D eigenvalue weighted by molar-refractivity contribution is 7.89. The maximum absolute atomic E-state index is 13.6. The summed E-state index contributed by atoms with van der Waals surface area (Å²) in [7, 11) is -4.41. The first-order valence-electron chi connectivity index (χ1n) is 12.1. The molecule has 1 aliphatic rings. The molecule has 0 radical (unpaired) electrons. The molecule has 0 unspecified atom stereocenters. The second-order valence-electron chi connectivity index (χ2n) is 8.86. The van der Waals surface area contributed by atoms with Crippen molar-refractivity contribution in [3.05, 3.63) is 42.0 Å². The number of anilines is 1. The fourth-order valence-corrected chi connectivity index (χ4v) is 6.43. The molecule has 0 spiro atoms. The van der Waals surface area contributed by atoms with Crippen LogP contribution >= 0.6 is 0 Å². The summed E-state index contributed by atoms with van der Waals surface area (Å²) in [5.41, 5.74) is 2.66. The summed E-state index contributed by atoms with van der Waals surface area (Å²) in [6, 6.07) is 8.66. The Kier molecular flexibility index (Phi) is 10.4. The highest BCUT2D eigenvalue weighted by Crippen LogP contribution is 2.33. The van der Waals surface area contributed by atoms with Crippen LogP contribution in [-0.2, 0) is 31.4 Å². The molecule has 0 aliphatic carbocycles. The minimum Gasteiger partial charge on any atom is -0.497 e. The number of hydroxylamine groups is 1. The number of benzene rings is 2. The van der Waals surface area contributed by atoms with E-state index in [2.05, 4.69) is 10.0 Å². The number of fused-ring (bicyclic) bond motifs is 1. The highest BCUT2D eigenvalue weighted by Gasteiger charge is 2.38. The normalized spacial score (nSPS) is 15.8. The minimum atomic E-state index is -4.14. The van der Waals surface area contributed by atoms with Crippen LogP contribution in [0.25, 0.3) is 0 Å². The number of hydrogen-bond acceptors (Lipinski definition) is 10. The molecule has 0 fully saturated rings. The molecule has 4 N–H and O–H groups in total. The van der Waals surface area contributed by atoms with Gasteiger partial charge in [-0.1, -0.05) is 6.42 Å². The maximum Gasteiger partial charge on any atom is 0.261 e. The molecular weight excluding hydrogens is 552 g/mol. The summed E-state index contributed by atoms with van der Waals surface area (Å²) < 4.78 is 69.5. The van der Waals surface area contributed by atoms with Gasteiger partial charge in [0.2, 0.25) is 20.0 Å². The molecule has 3 rings (SSSR count). The Hall–Kier alpha value is -3.11. The van der Waals surface area contributed by atoms with Gasteiger partial charge in [0, 0.05) is 31.8 Å². The number of carbonyl (C=O) groups excluding carboxylic acids is 1. The molecule has 1 amide bonds. The molecule has 13 nitrogen and oxygen atoms in total. The summed E-state index contributed by atoms with van der Waals surface area (Å²) in [4.78, 5) is 12.4. The molecule has 0 bridgehead atoms. The molecule has 1 heterocycles. The van der Waals surface area contributed by atoms with E-state index < -0.39 is 32.0 Å². The zero-order valence-corrected chi connectivity index (χ0v) is 23.6. The number of amides is 1. The zero-order valence-electron chi connectivity index (χ0n) is 22.0. The predicted octanol–water partition coefficient (Wildman–Crippen LogP) is 1.29. The molecule has 15 heteroatoms. The number of nitrogens with one attached hydrogen (secondary N) is 3. The van der Waals surface area contributed by atoms with Crippen LogP contribution in [0.15, 0.2) is 41.3 Å². The number of nitrogens with zero attached hydrogens (tertiary/aromatic N) is 1. The Morgan fingerprint density at radius 1 is 1.10 bits per heavy atom. The van der Waals surface area contributed by atoms with Crippen molar-refractivity contribution in [2.75, 3.05) is 45.4 Å². The number of sulfonamides is 2. The zero-order chi connectivity index (χ0) is 28.6. The van der Waals surface area contributed by atoms with Gasteiger partial charge in [0.1, 0.15) is 34.8 Å². The van der Waals surface area contributed by atoms with Crippen LogP contribution in [0.2, 0.25) is 0 Å². The molecule has 1 aliphatic heterocycles. The summed E-state index contributed by atoms with van der Waals surface area (Å²) in [5.74, 6) is 0.771. The lowest BCUT2D eigenvalue weighted by Crippen LogP contribution is -2.49. The van der Waals surface area contributed by atoms with Crippen molar-refractivity contribution in [2.45, 2.75) is 36.8 Å². The first-order chi connectivity index (χ1) is 18.5. The van der Waals surface area contributed by atoms with E-state index in [1.165, 1.54) is 12.1 Å². The van der Waals surface area contributed by atoms with E-state index in [1.54, 1.807) is 44.0 Å². The molecule has 216 valence electrons. The van der Waals surface area contributed by atoms with Gasteiger partial charge in [0.05, 0.1) is 26.2 Å². The van der Waals surface area contributed by atoms with Crippen LogP contribution in [0.1, 0.15) is 24.8 Å². The second kappa shape index (κ2) is 13.3. The Bertz CT molecular complexity index is 1350. The fourth-order valence-electron chi connectivity index (χ4n) is 4.15. The summed E-state index contributed by atoms with van der Waals surface area (Å²) in [5, 5.41) is 12.4. The maximum atomic E-state index is 13.6. The van der Waals surface area contributed by atoms with Gasteiger partial charge in [-0.3, -0.25) is 10.0 Å². The number of carbonyl (C=O) groups is 1.